The molecule has 5 rings (SSSR count). The van der Waals surface area contributed by atoms with Crippen molar-refractivity contribution in [3.8, 4) is 17.5 Å². The number of likely N-dealkylation sites (tertiary alicyclic amines) is 1. The van der Waals surface area contributed by atoms with Gasteiger partial charge in [-0.3, -0.25) is 14.5 Å². The zero-order valence-electron chi connectivity index (χ0n) is 22.6. The molecule has 2 aromatic heterocycles. The Morgan fingerprint density at radius 3 is 2.55 bits per heavy atom. The van der Waals surface area contributed by atoms with Crippen LogP contribution < -0.4 is 10.2 Å². The van der Waals surface area contributed by atoms with E-state index in [1.807, 2.05) is 47.8 Å². The van der Waals surface area contributed by atoms with E-state index in [2.05, 4.69) is 15.3 Å². The number of nitriles is 1. The third-order valence-corrected chi connectivity index (χ3v) is 8.16. The summed E-state index contributed by atoms with van der Waals surface area (Å²) in [6.45, 7) is 5.22. The zero-order chi connectivity index (χ0) is 28.5. The molecule has 0 bridgehead atoms. The van der Waals surface area contributed by atoms with Crippen molar-refractivity contribution >= 4 is 11.6 Å². The SMILES string of the molecule is CCn1nccc1-c1ccc(C2(C(=O)N[C@@H]3CCN(C)C3)CCN(c3ccc(C(F)(F)F)cc3C#N)CC2)cn1. The number of hydrogen-bond acceptors (Lipinski definition) is 6. The first-order chi connectivity index (χ1) is 19.1. The standard InChI is InChI=1S/C29H32F3N7O/c1-3-39-26(8-12-35-39)24-6-4-22(18-34-24)28(27(40)36-23-9-13-37(2)19-23)10-14-38(15-11-28)25-7-5-21(29(30,31)32)16-20(25)17-33/h4-8,12,16,18,23H,3,9-11,13-15,19H2,1-2H3,(H,36,40)/t23-/m1/s1. The first-order valence-corrected chi connectivity index (χ1v) is 13.5. The second-order valence-electron chi connectivity index (χ2n) is 10.6. The van der Waals surface area contributed by atoms with Gasteiger partial charge in [-0.2, -0.15) is 23.5 Å². The molecule has 2 aliphatic rings. The summed E-state index contributed by atoms with van der Waals surface area (Å²) < 4.78 is 41.5. The number of anilines is 1. The van der Waals surface area contributed by atoms with Crippen molar-refractivity contribution in [3.63, 3.8) is 0 Å². The lowest BCUT2D eigenvalue weighted by molar-refractivity contribution is -0.137. The first kappa shape index (κ1) is 27.6. The smallest absolute Gasteiger partial charge is 0.370 e. The van der Waals surface area contributed by atoms with Crippen LogP contribution in [0.4, 0.5) is 18.9 Å². The van der Waals surface area contributed by atoms with Gasteiger partial charge in [0.1, 0.15) is 6.07 Å². The number of halogens is 3. The Balaban J connectivity index is 1.43. The van der Waals surface area contributed by atoms with Crippen molar-refractivity contribution in [2.45, 2.75) is 50.4 Å². The molecule has 2 fully saturated rings. The number of carbonyl (C=O) groups is 1. The van der Waals surface area contributed by atoms with E-state index in [0.29, 0.717) is 38.2 Å². The fourth-order valence-corrected chi connectivity index (χ4v) is 5.86. The predicted octanol–water partition coefficient (Wildman–Crippen LogP) is 4.21. The number of carbonyl (C=O) groups excluding carboxylic acids is 1. The molecule has 1 aromatic carbocycles. The summed E-state index contributed by atoms with van der Waals surface area (Å²) in [4.78, 5) is 22.7. The number of piperidine rings is 1. The third-order valence-electron chi connectivity index (χ3n) is 8.16. The van der Waals surface area contributed by atoms with E-state index in [-0.39, 0.29) is 17.5 Å². The Morgan fingerprint density at radius 1 is 1.18 bits per heavy atom. The predicted molar refractivity (Wildman–Crippen MR) is 144 cm³/mol. The highest BCUT2D eigenvalue weighted by molar-refractivity contribution is 5.89. The van der Waals surface area contributed by atoms with Crippen LogP contribution in [0.25, 0.3) is 11.4 Å². The maximum atomic E-state index is 14.0. The fourth-order valence-electron chi connectivity index (χ4n) is 5.86. The van der Waals surface area contributed by atoms with Gasteiger partial charge in [-0.1, -0.05) is 6.07 Å². The summed E-state index contributed by atoms with van der Waals surface area (Å²) in [5, 5.41) is 17.2. The van der Waals surface area contributed by atoms with Gasteiger partial charge in [0.15, 0.2) is 0 Å². The quantitative estimate of drug-likeness (QED) is 0.494. The van der Waals surface area contributed by atoms with E-state index in [1.165, 1.54) is 6.07 Å². The van der Waals surface area contributed by atoms with E-state index in [0.717, 1.165) is 48.6 Å². The van der Waals surface area contributed by atoms with Crippen LogP contribution in [0.1, 0.15) is 42.9 Å². The number of aromatic nitrogens is 3. The second kappa shape index (κ2) is 10.9. The largest absolute Gasteiger partial charge is 0.416 e. The maximum Gasteiger partial charge on any atom is 0.416 e. The average molecular weight is 552 g/mol. The lowest BCUT2D eigenvalue weighted by Gasteiger charge is -2.42. The number of pyridine rings is 1. The number of amides is 1. The number of alkyl halides is 3. The number of nitrogens with one attached hydrogen (secondary N) is 1. The Kier molecular flexibility index (Phi) is 7.55. The minimum absolute atomic E-state index is 0.0284. The normalized spacial score (nSPS) is 19.4. The first-order valence-electron chi connectivity index (χ1n) is 13.5. The minimum Gasteiger partial charge on any atom is -0.370 e. The van der Waals surface area contributed by atoms with Crippen molar-refractivity contribution in [1.29, 1.82) is 5.26 Å². The summed E-state index contributed by atoms with van der Waals surface area (Å²) in [6, 6.07) is 11.0. The summed E-state index contributed by atoms with van der Waals surface area (Å²) in [5.41, 5.74) is 1.17. The van der Waals surface area contributed by atoms with Crippen LogP contribution in [0, 0.1) is 11.3 Å². The molecule has 0 aliphatic carbocycles. The number of rotatable bonds is 6. The van der Waals surface area contributed by atoms with Crippen LogP contribution in [0.2, 0.25) is 0 Å². The molecule has 0 saturated carbocycles. The molecule has 8 nitrogen and oxygen atoms in total. The average Bonchev–Trinajstić information content (AvgIpc) is 3.61. The summed E-state index contributed by atoms with van der Waals surface area (Å²) in [5.74, 6) is -0.0615. The number of aryl methyl sites for hydroxylation is 1. The number of likely N-dealkylation sites (N-methyl/N-ethyl adjacent to an activating group) is 1. The van der Waals surface area contributed by atoms with E-state index in [4.69, 9.17) is 4.98 Å². The van der Waals surface area contributed by atoms with Gasteiger partial charge in [0.25, 0.3) is 0 Å². The van der Waals surface area contributed by atoms with E-state index in [1.54, 1.807) is 12.4 Å². The van der Waals surface area contributed by atoms with Crippen LogP contribution in [-0.2, 0) is 22.9 Å². The van der Waals surface area contributed by atoms with E-state index in [9.17, 15) is 23.2 Å². The van der Waals surface area contributed by atoms with Crippen molar-refractivity contribution < 1.29 is 18.0 Å². The van der Waals surface area contributed by atoms with E-state index >= 15 is 0 Å². The lowest BCUT2D eigenvalue weighted by Crippen LogP contribution is -2.54. The Bertz CT molecular complexity index is 1400. The monoisotopic (exact) mass is 551 g/mol. The van der Waals surface area contributed by atoms with Crippen LogP contribution in [-0.4, -0.2) is 64.8 Å². The molecule has 1 N–H and O–H groups in total. The molecule has 2 saturated heterocycles. The maximum absolute atomic E-state index is 14.0. The van der Waals surface area contributed by atoms with Gasteiger partial charge < -0.3 is 15.1 Å². The van der Waals surface area contributed by atoms with Crippen molar-refractivity contribution in [2.75, 3.05) is 38.1 Å². The fraction of sp³-hybridized carbons (Fsp3) is 0.448. The molecule has 1 amide bonds. The van der Waals surface area contributed by atoms with Gasteiger partial charge in [-0.05, 0) is 75.7 Å². The molecule has 0 spiro atoms. The Morgan fingerprint density at radius 2 is 1.95 bits per heavy atom. The topological polar surface area (TPSA) is 90.1 Å². The molecule has 0 unspecified atom stereocenters. The lowest BCUT2D eigenvalue weighted by atomic mass is 9.72. The molecule has 3 aromatic rings. The van der Waals surface area contributed by atoms with Gasteiger partial charge in [-0.15, -0.1) is 0 Å². The highest BCUT2D eigenvalue weighted by Crippen LogP contribution is 2.40. The van der Waals surface area contributed by atoms with Crippen molar-refractivity contribution in [3.05, 3.63) is 65.5 Å². The summed E-state index contributed by atoms with van der Waals surface area (Å²) >= 11 is 0. The summed E-state index contributed by atoms with van der Waals surface area (Å²) in [6.07, 6.45) is 0.704. The number of benzene rings is 1. The molecule has 2 aliphatic heterocycles. The van der Waals surface area contributed by atoms with Gasteiger partial charge in [0, 0.05) is 44.6 Å². The minimum atomic E-state index is -4.53. The van der Waals surface area contributed by atoms with Crippen LogP contribution in [0.5, 0.6) is 0 Å². The summed E-state index contributed by atoms with van der Waals surface area (Å²) in [7, 11) is 2.03. The van der Waals surface area contributed by atoms with Gasteiger partial charge in [0.2, 0.25) is 5.91 Å². The molecule has 11 heteroatoms. The Labute approximate surface area is 231 Å². The molecule has 1 atom stereocenters. The van der Waals surface area contributed by atoms with Crippen LogP contribution in [0.15, 0.2) is 48.8 Å². The molecule has 4 heterocycles. The number of hydrogen-bond donors (Lipinski definition) is 1. The Hall–Kier alpha value is -3.91. The molecule has 0 radical (unpaired) electrons. The molecule has 210 valence electrons. The van der Waals surface area contributed by atoms with Gasteiger partial charge in [-0.25, -0.2) is 0 Å². The number of nitrogens with zero attached hydrogens (tertiary/aromatic N) is 6. The second-order valence-corrected chi connectivity index (χ2v) is 10.6. The highest BCUT2D eigenvalue weighted by atomic mass is 19.4. The van der Waals surface area contributed by atoms with Crippen LogP contribution in [0.3, 0.4) is 0 Å². The zero-order valence-corrected chi connectivity index (χ0v) is 22.6. The van der Waals surface area contributed by atoms with Gasteiger partial charge in [0.05, 0.1) is 33.6 Å². The molecular formula is C29H32F3N7O. The van der Waals surface area contributed by atoms with Crippen molar-refractivity contribution in [1.82, 2.24) is 25.0 Å². The van der Waals surface area contributed by atoms with Crippen molar-refractivity contribution in [2.24, 2.45) is 0 Å². The van der Waals surface area contributed by atoms with Gasteiger partial charge >= 0.3 is 6.18 Å². The third kappa shape index (κ3) is 5.28. The van der Waals surface area contributed by atoms with E-state index < -0.39 is 17.2 Å². The highest BCUT2D eigenvalue weighted by Gasteiger charge is 2.44. The molecule has 40 heavy (non-hydrogen) atoms. The van der Waals surface area contributed by atoms with Crippen LogP contribution >= 0.6 is 0 Å². The molecular weight excluding hydrogens is 519 g/mol.